The van der Waals surface area contributed by atoms with Gasteiger partial charge < -0.3 is 4.90 Å². The van der Waals surface area contributed by atoms with Crippen molar-refractivity contribution < 1.29 is 13.2 Å². The van der Waals surface area contributed by atoms with Crippen molar-refractivity contribution in [2.45, 2.75) is 56.5 Å². The fourth-order valence-corrected chi connectivity index (χ4v) is 6.79. The van der Waals surface area contributed by atoms with E-state index in [4.69, 9.17) is 0 Å². The molecule has 0 radical (unpaired) electrons. The molecule has 1 aliphatic carbocycles. The number of carbonyl (C=O) groups is 1. The summed E-state index contributed by atoms with van der Waals surface area (Å²) in [5.41, 5.74) is 3.92. The van der Waals surface area contributed by atoms with Crippen molar-refractivity contribution in [1.29, 1.82) is 0 Å². The van der Waals surface area contributed by atoms with Crippen LogP contribution in [0.4, 0.5) is 5.69 Å². The maximum atomic E-state index is 13.2. The second-order valence-corrected chi connectivity index (χ2v) is 10.2. The van der Waals surface area contributed by atoms with Crippen LogP contribution in [0, 0.1) is 0 Å². The van der Waals surface area contributed by atoms with Gasteiger partial charge in [-0.05, 0) is 77.4 Å². The molecule has 0 bridgehead atoms. The van der Waals surface area contributed by atoms with Crippen LogP contribution in [0.2, 0.25) is 0 Å². The molecule has 2 aliphatic rings. The summed E-state index contributed by atoms with van der Waals surface area (Å²) in [4.78, 5) is 13.9. The summed E-state index contributed by atoms with van der Waals surface area (Å²) in [5.74, 6) is -0.0777. The minimum absolute atomic E-state index is 0.0236. The van der Waals surface area contributed by atoms with Crippen LogP contribution in [0.25, 0.3) is 0 Å². The van der Waals surface area contributed by atoms with Crippen LogP contribution in [0.1, 0.15) is 49.4 Å². The fraction of sp³-hybridized carbons (Fsp3) is 0.381. The summed E-state index contributed by atoms with van der Waals surface area (Å²) < 4.78 is 29.9. The van der Waals surface area contributed by atoms with E-state index < -0.39 is 10.0 Å². The zero-order valence-electron chi connectivity index (χ0n) is 15.9. The highest BCUT2D eigenvalue weighted by Gasteiger charge is 2.33. The van der Waals surface area contributed by atoms with Gasteiger partial charge in [0.15, 0.2) is 0 Å². The van der Waals surface area contributed by atoms with E-state index in [9.17, 15) is 13.2 Å². The first-order valence-corrected chi connectivity index (χ1v) is 11.8. The smallest absolute Gasteiger partial charge is 0.242 e. The largest absolute Gasteiger partial charge is 0.309 e. The molecular formula is C21H23BrN2O3S. The number of nitrogens with one attached hydrogen (secondary N) is 1. The molecule has 0 spiro atoms. The van der Waals surface area contributed by atoms with Crippen molar-refractivity contribution in [2.24, 2.45) is 0 Å². The number of aryl methyl sites for hydroxylation is 1. The van der Waals surface area contributed by atoms with Gasteiger partial charge in [-0.1, -0.05) is 24.3 Å². The highest BCUT2D eigenvalue weighted by Crippen LogP contribution is 2.39. The Morgan fingerprint density at radius 1 is 1.21 bits per heavy atom. The van der Waals surface area contributed by atoms with Crippen molar-refractivity contribution in [3.05, 3.63) is 57.6 Å². The van der Waals surface area contributed by atoms with Crippen LogP contribution < -0.4 is 9.62 Å². The second-order valence-electron chi connectivity index (χ2n) is 7.62. The zero-order chi connectivity index (χ0) is 20.1. The average Bonchev–Trinajstić information content (AvgIpc) is 2.95. The van der Waals surface area contributed by atoms with Crippen molar-refractivity contribution in [1.82, 2.24) is 4.72 Å². The predicted octanol–water partition coefficient (Wildman–Crippen LogP) is 4.10. The van der Waals surface area contributed by atoms with Gasteiger partial charge in [0, 0.05) is 29.2 Å². The first kappa shape index (κ1) is 19.6. The first-order chi connectivity index (χ1) is 13.3. The number of halogens is 1. The van der Waals surface area contributed by atoms with Crippen LogP contribution in [0.5, 0.6) is 0 Å². The molecule has 1 amide bonds. The van der Waals surface area contributed by atoms with Gasteiger partial charge in [-0.3, -0.25) is 4.79 Å². The van der Waals surface area contributed by atoms with Crippen LogP contribution >= 0.6 is 15.9 Å². The molecular weight excluding hydrogens is 440 g/mol. The number of rotatable bonds is 3. The number of anilines is 1. The molecule has 4 rings (SSSR count). The SMILES string of the molecule is CC(=O)N1c2cc(S(=O)(=O)N[C@H]3CCCc4ccccc43)c(Br)cc2C[C@H]1C. The van der Waals surface area contributed by atoms with E-state index in [0.717, 1.165) is 36.8 Å². The lowest BCUT2D eigenvalue weighted by Gasteiger charge is -2.26. The average molecular weight is 463 g/mol. The van der Waals surface area contributed by atoms with Gasteiger partial charge in [0.2, 0.25) is 15.9 Å². The van der Waals surface area contributed by atoms with Gasteiger partial charge >= 0.3 is 0 Å². The molecule has 5 nitrogen and oxygen atoms in total. The topological polar surface area (TPSA) is 66.5 Å². The Hall–Kier alpha value is -1.70. The lowest BCUT2D eigenvalue weighted by Crippen LogP contribution is -2.34. The number of carbonyl (C=O) groups excluding carboxylic acids is 1. The Bertz CT molecular complexity index is 1050. The molecule has 28 heavy (non-hydrogen) atoms. The second kappa shape index (κ2) is 7.28. The van der Waals surface area contributed by atoms with E-state index in [-0.39, 0.29) is 22.9 Å². The Morgan fingerprint density at radius 3 is 2.71 bits per heavy atom. The van der Waals surface area contributed by atoms with Gasteiger partial charge in [-0.25, -0.2) is 13.1 Å². The van der Waals surface area contributed by atoms with E-state index >= 15 is 0 Å². The van der Waals surface area contributed by atoms with Gasteiger partial charge in [0.25, 0.3) is 0 Å². The van der Waals surface area contributed by atoms with E-state index in [1.165, 1.54) is 12.5 Å². The van der Waals surface area contributed by atoms with Crippen LogP contribution in [-0.2, 0) is 27.7 Å². The Labute approximate surface area is 174 Å². The van der Waals surface area contributed by atoms with E-state index in [0.29, 0.717) is 10.2 Å². The molecule has 2 atom stereocenters. The molecule has 0 fully saturated rings. The lowest BCUT2D eigenvalue weighted by atomic mass is 9.88. The molecule has 1 heterocycles. The molecule has 0 saturated carbocycles. The summed E-state index contributed by atoms with van der Waals surface area (Å²) in [7, 11) is -3.76. The number of hydrogen-bond donors (Lipinski definition) is 1. The quantitative estimate of drug-likeness (QED) is 0.746. The molecule has 0 unspecified atom stereocenters. The fourth-order valence-electron chi connectivity index (χ4n) is 4.43. The lowest BCUT2D eigenvalue weighted by molar-refractivity contribution is -0.116. The van der Waals surface area contributed by atoms with Crippen molar-refractivity contribution in [3.63, 3.8) is 0 Å². The van der Waals surface area contributed by atoms with Crippen LogP contribution in [0.15, 0.2) is 45.8 Å². The summed E-state index contributed by atoms with van der Waals surface area (Å²) in [5, 5.41) is 0. The van der Waals surface area contributed by atoms with Gasteiger partial charge in [-0.15, -0.1) is 0 Å². The highest BCUT2D eigenvalue weighted by molar-refractivity contribution is 9.10. The number of sulfonamides is 1. The van der Waals surface area contributed by atoms with Crippen molar-refractivity contribution in [2.75, 3.05) is 4.90 Å². The van der Waals surface area contributed by atoms with Crippen LogP contribution in [0.3, 0.4) is 0 Å². The Balaban J connectivity index is 1.71. The maximum absolute atomic E-state index is 13.2. The Kier molecular flexibility index (Phi) is 5.10. The monoisotopic (exact) mass is 462 g/mol. The minimum Gasteiger partial charge on any atom is -0.309 e. The predicted molar refractivity (Wildman–Crippen MR) is 113 cm³/mol. The number of nitrogens with zero attached hydrogens (tertiary/aromatic N) is 1. The molecule has 0 saturated heterocycles. The standard InChI is InChI=1S/C21H23BrN2O3S/c1-13-10-16-11-18(22)21(12-20(16)24(13)14(2)25)28(26,27)23-19-9-5-7-15-6-3-4-8-17(15)19/h3-4,6,8,11-13,19,23H,5,7,9-10H2,1-2H3/t13-,19+/m1/s1. The van der Waals surface area contributed by atoms with E-state index in [1.807, 2.05) is 31.2 Å². The first-order valence-electron chi connectivity index (χ1n) is 9.50. The third kappa shape index (κ3) is 3.40. The molecule has 148 valence electrons. The summed E-state index contributed by atoms with van der Waals surface area (Å²) in [6.45, 7) is 3.49. The molecule has 1 N–H and O–H groups in total. The van der Waals surface area contributed by atoms with E-state index in [2.05, 4.69) is 26.7 Å². The number of amides is 1. The molecule has 7 heteroatoms. The molecule has 1 aliphatic heterocycles. The minimum atomic E-state index is -3.76. The number of fused-ring (bicyclic) bond motifs is 2. The van der Waals surface area contributed by atoms with Crippen LogP contribution in [-0.4, -0.2) is 20.4 Å². The summed E-state index contributed by atoms with van der Waals surface area (Å²) >= 11 is 3.44. The van der Waals surface area contributed by atoms with Gasteiger partial charge in [-0.2, -0.15) is 0 Å². The van der Waals surface area contributed by atoms with Gasteiger partial charge in [0.1, 0.15) is 0 Å². The number of benzene rings is 2. The van der Waals surface area contributed by atoms with Crippen molar-refractivity contribution >= 4 is 37.5 Å². The number of hydrogen-bond acceptors (Lipinski definition) is 3. The third-order valence-electron chi connectivity index (χ3n) is 5.64. The van der Waals surface area contributed by atoms with Crippen molar-refractivity contribution in [3.8, 4) is 0 Å². The Morgan fingerprint density at radius 2 is 1.96 bits per heavy atom. The molecule has 2 aromatic carbocycles. The maximum Gasteiger partial charge on any atom is 0.242 e. The highest BCUT2D eigenvalue weighted by atomic mass is 79.9. The summed E-state index contributed by atoms with van der Waals surface area (Å²) in [6, 6.07) is 11.2. The normalized spacial score (nSPS) is 21.3. The van der Waals surface area contributed by atoms with Gasteiger partial charge in [0.05, 0.1) is 4.90 Å². The third-order valence-corrected chi connectivity index (χ3v) is 8.07. The zero-order valence-corrected chi connectivity index (χ0v) is 18.3. The van der Waals surface area contributed by atoms with E-state index in [1.54, 1.807) is 11.0 Å². The summed E-state index contributed by atoms with van der Waals surface area (Å²) in [6.07, 6.45) is 3.42. The molecule has 2 aromatic rings. The molecule has 0 aromatic heterocycles.